The average Bonchev–Trinajstić information content (AvgIpc) is 2.63. The molecule has 3 N–H and O–H groups in total. The number of hydrogen-bond donors (Lipinski definition) is 2. The van der Waals surface area contributed by atoms with Gasteiger partial charge in [0.1, 0.15) is 0 Å². The molecule has 1 amide bonds. The van der Waals surface area contributed by atoms with E-state index in [-0.39, 0.29) is 12.5 Å². The van der Waals surface area contributed by atoms with Crippen LogP contribution in [0, 0.1) is 0 Å². The van der Waals surface area contributed by atoms with Crippen molar-refractivity contribution in [1.29, 1.82) is 0 Å². The van der Waals surface area contributed by atoms with Crippen LogP contribution in [0.1, 0.15) is 25.7 Å². The topological polar surface area (TPSA) is 55.1 Å². The molecule has 1 rings (SSSR count). The van der Waals surface area contributed by atoms with Crippen LogP contribution in [0.15, 0.2) is 0 Å². The Hall–Kier alpha value is -0.220. The number of carbonyl (C=O) groups excluding carboxylic acids is 1. The zero-order chi connectivity index (χ0) is 9.73. The Labute approximate surface area is 83.8 Å². The van der Waals surface area contributed by atoms with Gasteiger partial charge in [0.05, 0.1) is 6.54 Å². The van der Waals surface area contributed by atoms with Crippen molar-refractivity contribution < 1.29 is 4.79 Å². The van der Waals surface area contributed by atoms with E-state index >= 15 is 0 Å². The van der Waals surface area contributed by atoms with Gasteiger partial charge in [0.2, 0.25) is 5.91 Å². The zero-order valence-corrected chi connectivity index (χ0v) is 8.95. The first kappa shape index (κ1) is 10.9. The number of hydrogen-bond acceptors (Lipinski definition) is 3. The van der Waals surface area contributed by atoms with Gasteiger partial charge < -0.3 is 11.1 Å². The normalized spacial score (nSPS) is 20.2. The summed E-state index contributed by atoms with van der Waals surface area (Å²) in [6, 6.07) is 0. The Morgan fingerprint density at radius 3 is 2.62 bits per heavy atom. The number of nitrogens with one attached hydrogen (secondary N) is 1. The summed E-state index contributed by atoms with van der Waals surface area (Å²) in [5.41, 5.74) is 5.22. The van der Waals surface area contributed by atoms with Crippen LogP contribution >= 0.6 is 11.8 Å². The van der Waals surface area contributed by atoms with Crippen LogP contribution in [0.25, 0.3) is 0 Å². The third-order valence-corrected chi connectivity index (χ3v) is 4.16. The van der Waals surface area contributed by atoms with E-state index in [4.69, 9.17) is 5.73 Å². The summed E-state index contributed by atoms with van der Waals surface area (Å²) in [5, 5.41) is 2.88. The highest BCUT2D eigenvalue weighted by molar-refractivity contribution is 8.00. The van der Waals surface area contributed by atoms with Gasteiger partial charge in [0.25, 0.3) is 0 Å². The van der Waals surface area contributed by atoms with Gasteiger partial charge in [-0.3, -0.25) is 4.79 Å². The first-order valence-corrected chi connectivity index (χ1v) is 5.97. The number of nitrogens with two attached hydrogens (primary N) is 1. The Balaban J connectivity index is 2.35. The van der Waals surface area contributed by atoms with Gasteiger partial charge in [-0.15, -0.1) is 0 Å². The second-order valence-corrected chi connectivity index (χ2v) is 4.85. The molecule has 76 valence electrons. The predicted octanol–water partition coefficient (Wildman–Crippen LogP) is 0.737. The van der Waals surface area contributed by atoms with Gasteiger partial charge in [-0.05, 0) is 19.1 Å². The lowest BCUT2D eigenvalue weighted by molar-refractivity contribution is -0.119. The molecule has 1 aliphatic rings. The van der Waals surface area contributed by atoms with Gasteiger partial charge >= 0.3 is 0 Å². The van der Waals surface area contributed by atoms with Gasteiger partial charge in [-0.2, -0.15) is 11.8 Å². The van der Waals surface area contributed by atoms with E-state index < -0.39 is 0 Å². The fourth-order valence-electron chi connectivity index (χ4n) is 1.80. The summed E-state index contributed by atoms with van der Waals surface area (Å²) < 4.78 is 0.296. The maximum atomic E-state index is 11.0. The fourth-order valence-corrected chi connectivity index (χ4v) is 2.72. The van der Waals surface area contributed by atoms with Crippen molar-refractivity contribution in [2.75, 3.05) is 19.3 Å². The molecule has 0 radical (unpaired) electrons. The third kappa shape index (κ3) is 2.88. The van der Waals surface area contributed by atoms with Crippen molar-refractivity contribution in [3.63, 3.8) is 0 Å². The lowest BCUT2D eigenvalue weighted by atomic mass is 10.1. The molecule has 0 heterocycles. The molecule has 13 heavy (non-hydrogen) atoms. The molecule has 4 heteroatoms. The summed E-state index contributed by atoms with van der Waals surface area (Å²) in [6.07, 6.45) is 7.15. The molecule has 3 nitrogen and oxygen atoms in total. The first-order chi connectivity index (χ1) is 6.22. The van der Waals surface area contributed by atoms with Crippen molar-refractivity contribution >= 4 is 17.7 Å². The minimum absolute atomic E-state index is 0.0414. The Bertz CT molecular complexity index is 178. The van der Waals surface area contributed by atoms with E-state index in [9.17, 15) is 4.79 Å². The molecule has 0 bridgehead atoms. The summed E-state index contributed by atoms with van der Waals surface area (Å²) in [7, 11) is 0. The molecule has 0 aromatic heterocycles. The second kappa shape index (κ2) is 4.86. The average molecular weight is 202 g/mol. The molecule has 0 spiro atoms. The number of carbonyl (C=O) groups is 1. The molecule has 0 unspecified atom stereocenters. The summed E-state index contributed by atoms with van der Waals surface area (Å²) in [6.45, 7) is 0.884. The van der Waals surface area contributed by atoms with Crippen LogP contribution in [0.3, 0.4) is 0 Å². The van der Waals surface area contributed by atoms with Crippen LogP contribution in [-0.4, -0.2) is 30.0 Å². The van der Waals surface area contributed by atoms with Crippen molar-refractivity contribution in [3.05, 3.63) is 0 Å². The molecule has 1 aliphatic carbocycles. The van der Waals surface area contributed by atoms with Crippen LogP contribution in [0.5, 0.6) is 0 Å². The number of thioether (sulfide) groups is 1. The Kier molecular flexibility index (Phi) is 4.06. The maximum Gasteiger partial charge on any atom is 0.233 e. The van der Waals surface area contributed by atoms with E-state index in [0.29, 0.717) is 4.75 Å². The lowest BCUT2D eigenvalue weighted by Gasteiger charge is -2.26. The summed E-state index contributed by atoms with van der Waals surface area (Å²) >= 11 is 1.88. The van der Waals surface area contributed by atoms with Crippen molar-refractivity contribution in [3.8, 4) is 0 Å². The van der Waals surface area contributed by atoms with Gasteiger partial charge in [-0.1, -0.05) is 12.8 Å². The van der Waals surface area contributed by atoms with Gasteiger partial charge in [0, 0.05) is 11.3 Å². The minimum atomic E-state index is -0.0414. The van der Waals surface area contributed by atoms with E-state index in [1.807, 2.05) is 11.8 Å². The Morgan fingerprint density at radius 2 is 2.15 bits per heavy atom. The smallest absolute Gasteiger partial charge is 0.233 e. The second-order valence-electron chi connectivity index (χ2n) is 3.58. The van der Waals surface area contributed by atoms with Crippen LogP contribution in [0.2, 0.25) is 0 Å². The molecule has 1 saturated carbocycles. The third-order valence-electron chi connectivity index (χ3n) is 2.74. The zero-order valence-electron chi connectivity index (χ0n) is 8.14. The quantitative estimate of drug-likeness (QED) is 0.707. The summed E-state index contributed by atoms with van der Waals surface area (Å²) in [5.74, 6) is -0.0414. The lowest BCUT2D eigenvalue weighted by Crippen LogP contribution is -2.40. The van der Waals surface area contributed by atoms with E-state index in [2.05, 4.69) is 11.6 Å². The first-order valence-electron chi connectivity index (χ1n) is 4.74. The van der Waals surface area contributed by atoms with Crippen LogP contribution in [0.4, 0.5) is 0 Å². The molecule has 0 aromatic carbocycles. The predicted molar refractivity (Wildman–Crippen MR) is 56.8 cm³/mol. The summed E-state index contributed by atoms with van der Waals surface area (Å²) in [4.78, 5) is 11.0. The number of rotatable bonds is 4. The largest absolute Gasteiger partial charge is 0.354 e. The van der Waals surface area contributed by atoms with Crippen molar-refractivity contribution in [2.24, 2.45) is 5.73 Å². The van der Waals surface area contributed by atoms with Crippen LogP contribution < -0.4 is 11.1 Å². The Morgan fingerprint density at radius 1 is 1.54 bits per heavy atom. The molecule has 0 saturated heterocycles. The van der Waals surface area contributed by atoms with Crippen molar-refractivity contribution in [2.45, 2.75) is 30.4 Å². The van der Waals surface area contributed by atoms with Gasteiger partial charge in [-0.25, -0.2) is 0 Å². The molecule has 0 atom stereocenters. The van der Waals surface area contributed by atoms with Crippen LogP contribution in [-0.2, 0) is 4.79 Å². The van der Waals surface area contributed by atoms with E-state index in [1.165, 1.54) is 25.7 Å². The van der Waals surface area contributed by atoms with E-state index in [0.717, 1.165) is 6.54 Å². The van der Waals surface area contributed by atoms with Gasteiger partial charge in [0.15, 0.2) is 0 Å². The van der Waals surface area contributed by atoms with E-state index in [1.54, 1.807) is 0 Å². The molecule has 1 fully saturated rings. The standard InChI is InChI=1S/C9H18N2OS/c1-13-9(4-2-3-5-9)7-11-8(12)6-10/h2-7,10H2,1H3,(H,11,12). The molecular weight excluding hydrogens is 184 g/mol. The molecule has 0 aromatic rings. The minimum Gasteiger partial charge on any atom is -0.354 e. The SMILES string of the molecule is CSC1(CNC(=O)CN)CCCC1. The highest BCUT2D eigenvalue weighted by Gasteiger charge is 2.32. The fraction of sp³-hybridized carbons (Fsp3) is 0.889. The van der Waals surface area contributed by atoms with Crippen molar-refractivity contribution in [1.82, 2.24) is 5.32 Å². The number of amides is 1. The highest BCUT2D eigenvalue weighted by Crippen LogP contribution is 2.39. The molecular formula is C9H18N2OS. The maximum absolute atomic E-state index is 11.0. The highest BCUT2D eigenvalue weighted by atomic mass is 32.2. The monoisotopic (exact) mass is 202 g/mol. The molecule has 0 aliphatic heterocycles.